The number of carbonyl (C=O) groups excluding carboxylic acids is 4. The van der Waals surface area contributed by atoms with E-state index in [1.165, 1.54) is 18.2 Å². The third-order valence-electron chi connectivity index (χ3n) is 3.28. The fourth-order valence-corrected chi connectivity index (χ4v) is 2.36. The number of piperidine rings is 1. The Morgan fingerprint density at radius 1 is 1.16 bits per heavy atom. The Kier molecular flexibility index (Phi) is 2.20. The van der Waals surface area contributed by atoms with Gasteiger partial charge in [-0.3, -0.25) is 29.4 Å². The third kappa shape index (κ3) is 1.64. The summed E-state index contributed by atoms with van der Waals surface area (Å²) < 4.78 is 7.49. The number of imide groups is 2. The molecule has 96 valence electrons. The monoisotopic (exact) mass is 259 g/mol. The van der Waals surface area contributed by atoms with Gasteiger partial charge in [0.15, 0.2) is 0 Å². The van der Waals surface area contributed by atoms with E-state index in [0.717, 1.165) is 4.90 Å². The number of fused-ring (bicyclic) bond motifs is 1. The molecule has 1 fully saturated rings. The highest BCUT2D eigenvalue weighted by Crippen LogP contribution is 2.26. The quantitative estimate of drug-likeness (QED) is 0.724. The number of nitrogens with zero attached hydrogens (tertiary/aromatic N) is 1. The standard InChI is InChI=1S/C13H10N2O4/c16-10-6-5-9(11(17)14-10)15-12(18)7-3-1-2-4-8(7)13(15)19/h1-4,9H,5-6H2,(H,14,16,17)/i1D. The van der Waals surface area contributed by atoms with Crippen LogP contribution in [0.2, 0.25) is 0 Å². The second kappa shape index (κ2) is 4.01. The molecule has 19 heavy (non-hydrogen) atoms. The summed E-state index contributed by atoms with van der Waals surface area (Å²) in [4.78, 5) is 48.2. The maximum atomic E-state index is 12.2. The van der Waals surface area contributed by atoms with Gasteiger partial charge >= 0.3 is 0 Å². The molecule has 0 aliphatic carbocycles. The molecule has 0 spiro atoms. The van der Waals surface area contributed by atoms with Crippen molar-refractivity contribution in [2.45, 2.75) is 18.9 Å². The van der Waals surface area contributed by atoms with E-state index in [1.807, 2.05) is 0 Å². The van der Waals surface area contributed by atoms with Crippen molar-refractivity contribution < 1.29 is 20.5 Å². The minimum Gasteiger partial charge on any atom is -0.295 e. The summed E-state index contributed by atoms with van der Waals surface area (Å²) in [5.41, 5.74) is 0.322. The summed E-state index contributed by atoms with van der Waals surface area (Å²) in [6, 6.07) is 3.28. The van der Waals surface area contributed by atoms with Gasteiger partial charge < -0.3 is 0 Å². The maximum Gasteiger partial charge on any atom is 0.262 e. The molecule has 0 radical (unpaired) electrons. The smallest absolute Gasteiger partial charge is 0.262 e. The van der Waals surface area contributed by atoms with Crippen molar-refractivity contribution in [3.8, 4) is 0 Å². The SMILES string of the molecule is [2H]c1ccc2c(c1)C(=O)N(C1CCC(=O)NC1=O)C2=O. The Balaban J connectivity index is 1.97. The predicted octanol–water partition coefficient (Wildman–Crippen LogP) is 0.0878. The van der Waals surface area contributed by atoms with E-state index >= 15 is 0 Å². The van der Waals surface area contributed by atoms with Crippen LogP contribution in [0.3, 0.4) is 0 Å². The number of carbonyl (C=O) groups is 4. The molecule has 2 aliphatic heterocycles. The van der Waals surface area contributed by atoms with Crippen molar-refractivity contribution in [3.05, 3.63) is 35.4 Å². The van der Waals surface area contributed by atoms with Crippen LogP contribution in [0.15, 0.2) is 24.2 Å². The zero-order valence-corrected chi connectivity index (χ0v) is 9.80. The van der Waals surface area contributed by atoms with Gasteiger partial charge in [0.2, 0.25) is 11.8 Å². The second-order valence-electron chi connectivity index (χ2n) is 4.42. The van der Waals surface area contributed by atoms with E-state index in [2.05, 4.69) is 5.32 Å². The summed E-state index contributed by atoms with van der Waals surface area (Å²) in [6.07, 6.45) is 0.220. The molecular weight excluding hydrogens is 248 g/mol. The average molecular weight is 259 g/mol. The predicted molar refractivity (Wildman–Crippen MR) is 63.1 cm³/mol. The highest BCUT2D eigenvalue weighted by Gasteiger charge is 2.44. The Bertz CT molecular complexity index is 670. The Morgan fingerprint density at radius 3 is 2.53 bits per heavy atom. The van der Waals surface area contributed by atoms with Gasteiger partial charge in [-0.1, -0.05) is 12.1 Å². The molecule has 3 rings (SSSR count). The number of rotatable bonds is 1. The van der Waals surface area contributed by atoms with Crippen LogP contribution in [0.5, 0.6) is 0 Å². The Hall–Kier alpha value is -2.50. The lowest BCUT2D eigenvalue weighted by Gasteiger charge is -2.27. The molecule has 4 amide bonds. The molecule has 1 N–H and O–H groups in total. The first kappa shape index (κ1) is 10.4. The molecule has 1 saturated heterocycles. The normalized spacial score (nSPS) is 23.3. The fourth-order valence-electron chi connectivity index (χ4n) is 2.36. The van der Waals surface area contributed by atoms with Crippen molar-refractivity contribution in [1.82, 2.24) is 10.2 Å². The molecule has 0 aromatic heterocycles. The van der Waals surface area contributed by atoms with E-state index in [-0.39, 0.29) is 30.0 Å². The lowest BCUT2D eigenvalue weighted by atomic mass is 10.0. The number of amides is 4. The lowest BCUT2D eigenvalue weighted by Crippen LogP contribution is -2.54. The molecule has 0 saturated carbocycles. The Labute approximate surface area is 109 Å². The zero-order valence-electron chi connectivity index (χ0n) is 10.8. The molecule has 6 nitrogen and oxygen atoms in total. The van der Waals surface area contributed by atoms with Gasteiger partial charge in [0.25, 0.3) is 11.8 Å². The first-order chi connectivity index (χ1) is 9.49. The van der Waals surface area contributed by atoms with Crippen LogP contribution in [0, 0.1) is 0 Å². The van der Waals surface area contributed by atoms with Crippen molar-refractivity contribution in [2.75, 3.05) is 0 Å². The van der Waals surface area contributed by atoms with Gasteiger partial charge in [-0.2, -0.15) is 0 Å². The molecule has 1 aromatic carbocycles. The molecule has 6 heteroatoms. The molecular formula is C13H10N2O4. The number of hydrogen-bond donors (Lipinski definition) is 1. The molecule has 1 aromatic rings. The average Bonchev–Trinajstić information content (AvgIpc) is 2.63. The van der Waals surface area contributed by atoms with Crippen LogP contribution in [0.25, 0.3) is 0 Å². The van der Waals surface area contributed by atoms with Crippen LogP contribution >= 0.6 is 0 Å². The second-order valence-corrected chi connectivity index (χ2v) is 4.42. The maximum absolute atomic E-state index is 12.2. The highest BCUT2D eigenvalue weighted by molar-refractivity contribution is 6.23. The summed E-state index contributed by atoms with van der Waals surface area (Å²) in [5, 5.41) is 2.12. The molecule has 1 unspecified atom stereocenters. The van der Waals surface area contributed by atoms with Gasteiger partial charge in [0.1, 0.15) is 6.04 Å². The van der Waals surface area contributed by atoms with Crippen molar-refractivity contribution in [2.24, 2.45) is 0 Å². The van der Waals surface area contributed by atoms with Gasteiger partial charge in [0.05, 0.1) is 12.5 Å². The molecule has 0 bridgehead atoms. The Morgan fingerprint density at radius 2 is 1.84 bits per heavy atom. The first-order valence-corrected chi connectivity index (χ1v) is 5.81. The first-order valence-electron chi connectivity index (χ1n) is 6.31. The van der Waals surface area contributed by atoms with Gasteiger partial charge in [0, 0.05) is 6.42 Å². The summed E-state index contributed by atoms with van der Waals surface area (Å²) >= 11 is 0. The molecule has 2 aliphatic rings. The minimum absolute atomic E-state index is 0.0908. The lowest BCUT2D eigenvalue weighted by molar-refractivity contribution is -0.136. The largest absolute Gasteiger partial charge is 0.295 e. The van der Waals surface area contributed by atoms with Gasteiger partial charge in [-0.25, -0.2) is 0 Å². The number of hydrogen-bond acceptors (Lipinski definition) is 4. The van der Waals surface area contributed by atoms with Gasteiger partial charge in [-0.05, 0) is 18.6 Å². The summed E-state index contributed by atoms with van der Waals surface area (Å²) in [7, 11) is 0. The van der Waals surface area contributed by atoms with E-state index in [0.29, 0.717) is 0 Å². The third-order valence-corrected chi connectivity index (χ3v) is 3.28. The van der Waals surface area contributed by atoms with E-state index in [1.54, 1.807) is 0 Å². The van der Waals surface area contributed by atoms with Crippen LogP contribution in [0.1, 0.15) is 34.9 Å². The van der Waals surface area contributed by atoms with Crippen LogP contribution in [0.4, 0.5) is 0 Å². The summed E-state index contributed by atoms with van der Waals surface area (Å²) in [5.74, 6) is -2.19. The van der Waals surface area contributed by atoms with E-state index in [4.69, 9.17) is 1.37 Å². The van der Waals surface area contributed by atoms with Crippen LogP contribution in [-0.4, -0.2) is 34.6 Å². The van der Waals surface area contributed by atoms with Crippen molar-refractivity contribution in [3.63, 3.8) is 0 Å². The zero-order chi connectivity index (χ0) is 14.4. The highest BCUT2D eigenvalue weighted by atomic mass is 16.2. The van der Waals surface area contributed by atoms with Crippen LogP contribution in [-0.2, 0) is 9.59 Å². The van der Waals surface area contributed by atoms with Gasteiger partial charge in [-0.15, -0.1) is 0 Å². The van der Waals surface area contributed by atoms with Crippen molar-refractivity contribution in [1.29, 1.82) is 0 Å². The number of nitrogens with one attached hydrogen (secondary N) is 1. The fraction of sp³-hybridized carbons (Fsp3) is 0.231. The van der Waals surface area contributed by atoms with Crippen LogP contribution < -0.4 is 5.32 Å². The van der Waals surface area contributed by atoms with Crippen molar-refractivity contribution >= 4 is 23.6 Å². The number of benzene rings is 1. The van der Waals surface area contributed by atoms with E-state index in [9.17, 15) is 19.2 Å². The minimum atomic E-state index is -0.964. The molecule has 1 atom stereocenters. The topological polar surface area (TPSA) is 83.6 Å². The summed E-state index contributed by atoms with van der Waals surface area (Å²) in [6.45, 7) is 0. The van der Waals surface area contributed by atoms with E-state index < -0.39 is 29.7 Å². The molecule has 2 heterocycles.